The molecule has 0 radical (unpaired) electrons. The van der Waals surface area contributed by atoms with E-state index in [1.165, 1.54) is 0 Å². The average Bonchev–Trinajstić information content (AvgIpc) is 2.66. The largest absolute Gasteiger partial charge is 0.361 e. The molecule has 3 heterocycles. The second-order valence-corrected chi connectivity index (χ2v) is 3.26. The zero-order chi connectivity index (χ0) is 10.3. The SMILES string of the molecule is [C-]#[N+]c1ccc2[nH]c3[nH+]cccc3c2n1. The number of nitrogens with one attached hydrogen (secondary N) is 2. The summed E-state index contributed by atoms with van der Waals surface area (Å²) in [5, 5.41) is 1.01. The lowest BCUT2D eigenvalue weighted by Gasteiger charge is -1.85. The minimum absolute atomic E-state index is 0.423. The van der Waals surface area contributed by atoms with Crippen molar-refractivity contribution in [2.75, 3.05) is 0 Å². The van der Waals surface area contributed by atoms with Gasteiger partial charge < -0.3 is 4.85 Å². The van der Waals surface area contributed by atoms with Crippen LogP contribution >= 0.6 is 0 Å². The first kappa shape index (κ1) is 7.94. The molecule has 2 N–H and O–H groups in total. The van der Waals surface area contributed by atoms with Crippen molar-refractivity contribution in [3.05, 3.63) is 41.9 Å². The minimum Gasteiger partial charge on any atom is -0.361 e. The first-order valence-corrected chi connectivity index (χ1v) is 4.55. The van der Waals surface area contributed by atoms with Crippen molar-refractivity contribution in [3.63, 3.8) is 0 Å². The molecule has 3 aromatic heterocycles. The highest BCUT2D eigenvalue weighted by atomic mass is 14.9. The van der Waals surface area contributed by atoms with E-state index in [0.29, 0.717) is 5.82 Å². The molecule has 3 rings (SSSR count). The number of hydrogen-bond donors (Lipinski definition) is 1. The molecule has 70 valence electrons. The predicted octanol–water partition coefficient (Wildman–Crippen LogP) is 2.08. The van der Waals surface area contributed by atoms with Crippen molar-refractivity contribution in [2.24, 2.45) is 0 Å². The molecule has 0 saturated carbocycles. The van der Waals surface area contributed by atoms with E-state index < -0.39 is 0 Å². The second-order valence-electron chi connectivity index (χ2n) is 3.26. The number of aromatic amines is 2. The molecular formula is C11H7N4+. The number of rotatable bonds is 0. The third-order valence-electron chi connectivity index (χ3n) is 2.37. The Morgan fingerprint density at radius 1 is 1.33 bits per heavy atom. The molecular weight excluding hydrogens is 188 g/mol. The Kier molecular flexibility index (Phi) is 1.48. The summed E-state index contributed by atoms with van der Waals surface area (Å²) in [6.07, 6.45) is 1.85. The molecule has 0 aliphatic carbocycles. The Morgan fingerprint density at radius 2 is 2.27 bits per heavy atom. The Morgan fingerprint density at radius 3 is 3.13 bits per heavy atom. The quantitative estimate of drug-likeness (QED) is 0.548. The van der Waals surface area contributed by atoms with Crippen LogP contribution in [-0.2, 0) is 0 Å². The first-order valence-electron chi connectivity index (χ1n) is 4.55. The number of nitrogens with zero attached hydrogens (tertiary/aromatic N) is 2. The number of fused-ring (bicyclic) bond motifs is 3. The summed E-state index contributed by atoms with van der Waals surface area (Å²) < 4.78 is 0. The van der Waals surface area contributed by atoms with Crippen molar-refractivity contribution in [1.82, 2.24) is 9.97 Å². The van der Waals surface area contributed by atoms with E-state index in [-0.39, 0.29) is 0 Å². The van der Waals surface area contributed by atoms with E-state index in [1.54, 1.807) is 6.07 Å². The summed E-state index contributed by atoms with van der Waals surface area (Å²) in [6, 6.07) is 7.49. The zero-order valence-corrected chi connectivity index (χ0v) is 7.78. The monoisotopic (exact) mass is 195 g/mol. The lowest BCUT2D eigenvalue weighted by molar-refractivity contribution is -0.347. The highest BCUT2D eigenvalue weighted by molar-refractivity contribution is 6.02. The highest BCUT2D eigenvalue weighted by Crippen LogP contribution is 2.22. The van der Waals surface area contributed by atoms with Crippen molar-refractivity contribution in [3.8, 4) is 0 Å². The normalized spacial score (nSPS) is 10.6. The molecule has 0 spiro atoms. The molecule has 0 unspecified atom stereocenters. The first-order chi connectivity index (χ1) is 7.38. The Labute approximate surface area is 85.4 Å². The summed E-state index contributed by atoms with van der Waals surface area (Å²) in [4.78, 5) is 13.9. The van der Waals surface area contributed by atoms with Gasteiger partial charge in [-0.05, 0) is 24.3 Å². The number of H-pyrrole nitrogens is 2. The fourth-order valence-corrected chi connectivity index (χ4v) is 1.69. The van der Waals surface area contributed by atoms with Crippen LogP contribution in [0.2, 0.25) is 0 Å². The topological polar surface area (TPSA) is 47.2 Å². The van der Waals surface area contributed by atoms with E-state index in [9.17, 15) is 0 Å². The van der Waals surface area contributed by atoms with Gasteiger partial charge in [0.15, 0.2) is 5.52 Å². The molecule has 3 aromatic rings. The number of aromatic nitrogens is 3. The predicted molar refractivity (Wildman–Crippen MR) is 56.4 cm³/mol. The third-order valence-corrected chi connectivity index (χ3v) is 2.37. The Hall–Kier alpha value is -2.41. The van der Waals surface area contributed by atoms with Crippen LogP contribution in [0.1, 0.15) is 0 Å². The summed E-state index contributed by atoms with van der Waals surface area (Å²) in [5.41, 5.74) is 2.72. The van der Waals surface area contributed by atoms with Crippen molar-refractivity contribution < 1.29 is 4.98 Å². The van der Waals surface area contributed by atoms with Crippen LogP contribution in [0.4, 0.5) is 5.82 Å². The molecule has 0 aliphatic rings. The van der Waals surface area contributed by atoms with Gasteiger partial charge in [0.2, 0.25) is 5.52 Å². The molecule has 4 heteroatoms. The van der Waals surface area contributed by atoms with Gasteiger partial charge in [-0.15, -0.1) is 4.98 Å². The molecule has 0 bridgehead atoms. The smallest absolute Gasteiger partial charge is 0.289 e. The van der Waals surface area contributed by atoms with Gasteiger partial charge in [-0.3, -0.25) is 0 Å². The number of pyridine rings is 2. The lowest BCUT2D eigenvalue weighted by atomic mass is 10.3. The van der Waals surface area contributed by atoms with Gasteiger partial charge >= 0.3 is 0 Å². The van der Waals surface area contributed by atoms with Crippen molar-refractivity contribution >= 4 is 27.9 Å². The zero-order valence-electron chi connectivity index (χ0n) is 7.78. The maximum absolute atomic E-state index is 6.92. The fraction of sp³-hybridized carbons (Fsp3) is 0. The third kappa shape index (κ3) is 1.07. The van der Waals surface area contributed by atoms with Gasteiger partial charge in [0.05, 0.1) is 6.20 Å². The maximum atomic E-state index is 6.92. The van der Waals surface area contributed by atoms with Gasteiger partial charge in [0.25, 0.3) is 11.5 Å². The van der Waals surface area contributed by atoms with E-state index in [4.69, 9.17) is 6.57 Å². The molecule has 0 atom stereocenters. The van der Waals surface area contributed by atoms with Gasteiger partial charge in [-0.25, -0.2) is 9.97 Å². The molecule has 0 fully saturated rings. The summed E-state index contributed by atoms with van der Waals surface area (Å²) in [5.74, 6) is 0.423. The Bertz CT molecular complexity index is 690. The van der Waals surface area contributed by atoms with Crippen LogP contribution in [0.25, 0.3) is 26.9 Å². The molecule has 15 heavy (non-hydrogen) atoms. The van der Waals surface area contributed by atoms with Crippen LogP contribution < -0.4 is 4.98 Å². The fourth-order valence-electron chi connectivity index (χ4n) is 1.69. The molecule has 4 nitrogen and oxygen atoms in total. The van der Waals surface area contributed by atoms with Crippen LogP contribution in [-0.4, -0.2) is 9.97 Å². The van der Waals surface area contributed by atoms with Gasteiger partial charge in [0.1, 0.15) is 5.39 Å². The average molecular weight is 195 g/mol. The standard InChI is InChI=1S/C11H6N4/c1-12-9-5-4-8-10(15-9)7-3-2-6-13-11(7)14-8/h2-6H,(H,13,14)/p+1. The van der Waals surface area contributed by atoms with Crippen molar-refractivity contribution in [2.45, 2.75) is 0 Å². The van der Waals surface area contributed by atoms with Gasteiger partial charge in [0, 0.05) is 0 Å². The molecule has 0 saturated heterocycles. The summed E-state index contributed by atoms with van der Waals surface area (Å²) >= 11 is 0. The lowest BCUT2D eigenvalue weighted by Crippen LogP contribution is -2.00. The van der Waals surface area contributed by atoms with E-state index in [0.717, 1.165) is 22.1 Å². The maximum Gasteiger partial charge on any atom is 0.289 e. The van der Waals surface area contributed by atoms with E-state index in [1.807, 2.05) is 24.4 Å². The summed E-state index contributed by atoms with van der Waals surface area (Å²) in [6.45, 7) is 6.92. The van der Waals surface area contributed by atoms with Crippen LogP contribution in [0.3, 0.4) is 0 Å². The molecule has 0 aliphatic heterocycles. The minimum atomic E-state index is 0.423. The van der Waals surface area contributed by atoms with Crippen LogP contribution in [0.5, 0.6) is 0 Å². The number of hydrogen-bond acceptors (Lipinski definition) is 1. The highest BCUT2D eigenvalue weighted by Gasteiger charge is 2.14. The molecule has 0 amide bonds. The second kappa shape index (κ2) is 2.79. The van der Waals surface area contributed by atoms with Crippen LogP contribution in [0.15, 0.2) is 30.5 Å². The summed E-state index contributed by atoms with van der Waals surface area (Å²) in [7, 11) is 0. The molecule has 0 aromatic carbocycles. The van der Waals surface area contributed by atoms with Gasteiger partial charge in [-0.1, -0.05) is 6.57 Å². The van der Waals surface area contributed by atoms with E-state index >= 15 is 0 Å². The van der Waals surface area contributed by atoms with Crippen LogP contribution in [0, 0.1) is 6.57 Å². The Balaban J connectivity index is 2.53. The van der Waals surface area contributed by atoms with E-state index in [2.05, 4.69) is 19.8 Å². The van der Waals surface area contributed by atoms with Crippen molar-refractivity contribution in [1.29, 1.82) is 0 Å². The van der Waals surface area contributed by atoms with Gasteiger partial charge in [-0.2, -0.15) is 0 Å².